The number of halogens is 2. The highest BCUT2D eigenvalue weighted by molar-refractivity contribution is 6.37. The maximum atomic E-state index is 13.6. The first-order chi connectivity index (χ1) is 24.7. The van der Waals surface area contributed by atoms with Crippen LogP contribution in [0.15, 0.2) is 65.2 Å². The van der Waals surface area contributed by atoms with Crippen LogP contribution in [0.5, 0.6) is 11.5 Å². The molecule has 0 saturated carbocycles. The first kappa shape index (κ1) is 38.7. The molecule has 2 N–H and O–H groups in total. The van der Waals surface area contributed by atoms with Gasteiger partial charge >= 0.3 is 6.09 Å². The second-order valence-electron chi connectivity index (χ2n) is 14.2. The quantitative estimate of drug-likeness (QED) is 0.108. The van der Waals surface area contributed by atoms with Crippen LogP contribution in [0.4, 0.5) is 4.79 Å². The number of ketones is 1. The number of nitrogens with zero attached hydrogens (tertiary/aromatic N) is 2. The predicted molar refractivity (Wildman–Crippen MR) is 201 cm³/mol. The molecule has 3 aromatic carbocycles. The van der Waals surface area contributed by atoms with Crippen molar-refractivity contribution in [2.24, 2.45) is 5.41 Å². The van der Waals surface area contributed by atoms with Crippen molar-refractivity contribution in [3.8, 4) is 22.8 Å². The van der Waals surface area contributed by atoms with E-state index in [-0.39, 0.29) is 30.8 Å². The highest BCUT2D eigenvalue weighted by Gasteiger charge is 2.49. The summed E-state index contributed by atoms with van der Waals surface area (Å²) in [7, 11) is 0. The van der Waals surface area contributed by atoms with Gasteiger partial charge < -0.3 is 29.3 Å². The molecule has 5 rings (SSSR count). The SMILES string of the molecule is CC(=O)NCCc1ccccc1-c1onc([C@H]2C(C(C)(C)C)N(C(=O)O)CC[C@@H]2c2ccc(OCCOc3c(Cl)cc(C)cc3Cl)cc2)c1C(C)=O. The van der Waals surface area contributed by atoms with E-state index < -0.39 is 23.5 Å². The predicted octanol–water partition coefficient (Wildman–Crippen LogP) is 8.96. The molecular formula is C40H45Cl2N3O7. The van der Waals surface area contributed by atoms with Gasteiger partial charge in [-0.15, -0.1) is 0 Å². The molecule has 10 nitrogen and oxygen atoms in total. The van der Waals surface area contributed by atoms with Gasteiger partial charge in [-0.2, -0.15) is 0 Å². The van der Waals surface area contributed by atoms with E-state index in [2.05, 4.69) is 10.5 Å². The summed E-state index contributed by atoms with van der Waals surface area (Å²) in [5, 5.41) is 18.7. The number of rotatable bonds is 12. The van der Waals surface area contributed by atoms with Gasteiger partial charge in [-0.3, -0.25) is 9.59 Å². The summed E-state index contributed by atoms with van der Waals surface area (Å²) in [6, 6.07) is 18.3. The Labute approximate surface area is 314 Å². The lowest BCUT2D eigenvalue weighted by molar-refractivity contribution is -0.118. The second kappa shape index (κ2) is 16.4. The summed E-state index contributed by atoms with van der Waals surface area (Å²) in [6.07, 6.45) is -0.0118. The Kier molecular flexibility index (Phi) is 12.2. The minimum atomic E-state index is -1.03. The Morgan fingerprint density at radius 3 is 2.27 bits per heavy atom. The van der Waals surface area contributed by atoms with Gasteiger partial charge in [0.25, 0.3) is 0 Å². The largest absolute Gasteiger partial charge is 0.490 e. The zero-order chi connectivity index (χ0) is 37.7. The van der Waals surface area contributed by atoms with Crippen molar-refractivity contribution in [3.05, 3.63) is 98.7 Å². The van der Waals surface area contributed by atoms with Crippen LogP contribution >= 0.6 is 23.2 Å². The molecule has 1 aliphatic rings. The Bertz CT molecular complexity index is 1900. The first-order valence-electron chi connectivity index (χ1n) is 17.3. The molecule has 276 valence electrons. The summed E-state index contributed by atoms with van der Waals surface area (Å²) in [5.74, 6) is 0.288. The van der Waals surface area contributed by atoms with Gasteiger partial charge in [0.2, 0.25) is 5.91 Å². The fourth-order valence-corrected chi connectivity index (χ4v) is 7.98. The van der Waals surface area contributed by atoms with Crippen molar-refractivity contribution in [1.82, 2.24) is 15.4 Å². The normalized spacial score (nSPS) is 17.5. The van der Waals surface area contributed by atoms with E-state index in [1.54, 1.807) is 12.1 Å². The van der Waals surface area contributed by atoms with Crippen molar-refractivity contribution in [1.29, 1.82) is 0 Å². The number of aromatic nitrogens is 1. The molecule has 2 heterocycles. The van der Waals surface area contributed by atoms with Gasteiger partial charge in [-0.1, -0.05) is 85.5 Å². The number of nitrogens with one attached hydrogen (secondary N) is 1. The minimum absolute atomic E-state index is 0.133. The molecule has 0 aliphatic carbocycles. The third-order valence-corrected chi connectivity index (χ3v) is 9.95. The lowest BCUT2D eigenvalue weighted by Gasteiger charge is -2.49. The van der Waals surface area contributed by atoms with Crippen LogP contribution in [0.3, 0.4) is 0 Å². The molecule has 1 unspecified atom stereocenters. The van der Waals surface area contributed by atoms with Crippen molar-refractivity contribution < 1.29 is 33.5 Å². The Morgan fingerprint density at radius 2 is 1.65 bits per heavy atom. The number of amides is 2. The maximum Gasteiger partial charge on any atom is 0.407 e. The Balaban J connectivity index is 1.47. The average molecular weight is 751 g/mol. The number of piperidine rings is 1. The molecule has 52 heavy (non-hydrogen) atoms. The number of ether oxygens (including phenoxy) is 2. The number of aryl methyl sites for hydroxylation is 1. The Hall–Kier alpha value is -4.54. The van der Waals surface area contributed by atoms with Gasteiger partial charge in [0.15, 0.2) is 17.3 Å². The Morgan fingerprint density at radius 1 is 1.00 bits per heavy atom. The fourth-order valence-electron chi connectivity index (χ4n) is 7.27. The van der Waals surface area contributed by atoms with Gasteiger partial charge in [0.1, 0.15) is 24.7 Å². The second-order valence-corrected chi connectivity index (χ2v) is 15.1. The van der Waals surface area contributed by atoms with Crippen LogP contribution in [0.2, 0.25) is 10.0 Å². The van der Waals surface area contributed by atoms with E-state index >= 15 is 0 Å². The monoisotopic (exact) mass is 749 g/mol. The van der Waals surface area contributed by atoms with E-state index in [9.17, 15) is 19.5 Å². The van der Waals surface area contributed by atoms with Gasteiger partial charge in [0.05, 0.1) is 15.6 Å². The summed E-state index contributed by atoms with van der Waals surface area (Å²) in [6.45, 7) is 12.1. The molecule has 1 aromatic heterocycles. The molecule has 1 aliphatic heterocycles. The molecule has 0 bridgehead atoms. The highest BCUT2D eigenvalue weighted by atomic mass is 35.5. The molecule has 2 amide bonds. The molecular weight excluding hydrogens is 705 g/mol. The summed E-state index contributed by atoms with van der Waals surface area (Å²) in [4.78, 5) is 39.3. The van der Waals surface area contributed by atoms with Crippen molar-refractivity contribution >= 4 is 41.0 Å². The zero-order valence-electron chi connectivity index (χ0n) is 30.3. The van der Waals surface area contributed by atoms with Gasteiger partial charge in [-0.05, 0) is 79.0 Å². The van der Waals surface area contributed by atoms with E-state index in [0.717, 1.165) is 16.7 Å². The average Bonchev–Trinajstić information content (AvgIpc) is 3.52. The molecule has 0 spiro atoms. The highest BCUT2D eigenvalue weighted by Crippen LogP contribution is 2.50. The lowest BCUT2D eigenvalue weighted by Crippen LogP contribution is -2.55. The number of carbonyl (C=O) groups excluding carboxylic acids is 2. The minimum Gasteiger partial charge on any atom is -0.490 e. The van der Waals surface area contributed by atoms with Gasteiger partial charge in [-0.25, -0.2) is 4.79 Å². The van der Waals surface area contributed by atoms with Crippen LogP contribution in [0.1, 0.15) is 85.6 Å². The smallest absolute Gasteiger partial charge is 0.407 e. The van der Waals surface area contributed by atoms with Crippen LogP contribution < -0.4 is 14.8 Å². The molecule has 0 radical (unpaired) electrons. The van der Waals surface area contributed by atoms with E-state index in [1.807, 2.05) is 76.2 Å². The molecule has 1 saturated heterocycles. The fraction of sp³-hybridized carbons (Fsp3) is 0.400. The standard InChI is InChI=1S/C40H45Cl2N3O7/c1-23-21-31(41)37(32(42)22-23)51-20-19-50-28-13-11-27(12-14-28)29-16-18-45(39(48)49)38(40(4,5)6)34(29)35-33(24(2)46)36(52-44-35)30-10-8-7-9-26(30)15-17-43-25(3)47/h7-14,21-22,29,34,38H,15-20H2,1-6H3,(H,43,47)(H,48,49)/t29-,34+,38?/m1/s1. The number of Topliss-reactive ketones (excluding diaryl/α,β-unsaturated/α-hetero) is 1. The van der Waals surface area contributed by atoms with Crippen LogP contribution in [0.25, 0.3) is 11.3 Å². The number of hydrogen-bond acceptors (Lipinski definition) is 7. The molecule has 1 fully saturated rings. The number of benzene rings is 3. The van der Waals surface area contributed by atoms with Crippen LogP contribution in [-0.2, 0) is 11.2 Å². The van der Waals surface area contributed by atoms with Crippen molar-refractivity contribution in [3.63, 3.8) is 0 Å². The third kappa shape index (κ3) is 8.73. The topological polar surface area (TPSA) is 131 Å². The summed E-state index contributed by atoms with van der Waals surface area (Å²) < 4.78 is 17.8. The summed E-state index contributed by atoms with van der Waals surface area (Å²) in [5.41, 5.74) is 3.71. The van der Waals surface area contributed by atoms with E-state index in [1.165, 1.54) is 18.7 Å². The van der Waals surface area contributed by atoms with E-state index in [4.69, 9.17) is 37.2 Å². The molecule has 12 heteroatoms. The van der Waals surface area contributed by atoms with Crippen LogP contribution in [0, 0.1) is 12.3 Å². The lowest BCUT2D eigenvalue weighted by atomic mass is 9.65. The maximum absolute atomic E-state index is 13.6. The van der Waals surface area contributed by atoms with Crippen molar-refractivity contribution in [2.75, 3.05) is 26.3 Å². The number of likely N-dealkylation sites (tertiary alicyclic amines) is 1. The zero-order valence-corrected chi connectivity index (χ0v) is 31.8. The van der Waals surface area contributed by atoms with Gasteiger partial charge in [0, 0.05) is 37.5 Å². The molecule has 4 aromatic rings. The van der Waals surface area contributed by atoms with Crippen molar-refractivity contribution in [2.45, 2.75) is 72.3 Å². The first-order valence-corrected chi connectivity index (χ1v) is 18.1. The molecule has 3 atom stereocenters. The van der Waals surface area contributed by atoms with E-state index in [0.29, 0.717) is 70.1 Å². The number of hydrogen-bond donors (Lipinski definition) is 2. The summed E-state index contributed by atoms with van der Waals surface area (Å²) >= 11 is 12.6. The number of carboxylic acid groups (broad SMARTS) is 1. The van der Waals surface area contributed by atoms with Crippen LogP contribution in [-0.4, -0.2) is 65.3 Å². The number of carbonyl (C=O) groups is 3. The third-order valence-electron chi connectivity index (χ3n) is 9.39.